The molecule has 190 valence electrons. The van der Waals surface area contributed by atoms with Crippen LogP contribution in [-0.4, -0.2) is 79.8 Å². The molecule has 0 spiro atoms. The summed E-state index contributed by atoms with van der Waals surface area (Å²) < 4.78 is 29.9. The minimum absolute atomic E-state index is 0.188. The lowest BCUT2D eigenvalue weighted by molar-refractivity contribution is -0.0382. The van der Waals surface area contributed by atoms with Crippen LogP contribution >= 0.6 is 0 Å². The van der Waals surface area contributed by atoms with Crippen molar-refractivity contribution in [2.75, 3.05) is 26.2 Å². The first-order chi connectivity index (χ1) is 17.5. The summed E-state index contributed by atoms with van der Waals surface area (Å²) in [4.78, 5) is 14.2. The number of aromatic nitrogens is 5. The van der Waals surface area contributed by atoms with E-state index < -0.39 is 10.0 Å². The van der Waals surface area contributed by atoms with Gasteiger partial charge in [0, 0.05) is 55.6 Å². The number of H-pyrrole nitrogens is 1. The Labute approximate surface area is 211 Å². The van der Waals surface area contributed by atoms with Gasteiger partial charge in [0.05, 0.1) is 29.6 Å². The molecule has 0 amide bonds. The van der Waals surface area contributed by atoms with Crippen molar-refractivity contribution in [1.29, 1.82) is 5.26 Å². The maximum absolute atomic E-state index is 13.1. The second-order valence-electron chi connectivity index (χ2n) is 10.5. The molecule has 6 rings (SSSR count). The standard InChI is InChI=1S/C25H32N8O2S/c26-10-9-25(33-15-19(14-30-33)23-22-6-11-27-24(22)29-18-28-23)16-31(17-25)20-7-12-32(13-8-20)36(34,35)21-4-2-1-3-5-21/h6,11,14-15,18,20-21H,1-5,7-9,12-13,16-17H2,(H,27,28,29). The highest BCUT2D eigenvalue weighted by Gasteiger charge is 2.48. The van der Waals surface area contributed by atoms with Gasteiger partial charge in [-0.15, -0.1) is 0 Å². The van der Waals surface area contributed by atoms with Gasteiger partial charge < -0.3 is 4.98 Å². The Balaban J connectivity index is 1.12. The highest BCUT2D eigenvalue weighted by Crippen LogP contribution is 2.38. The van der Waals surface area contributed by atoms with Gasteiger partial charge in [0.15, 0.2) is 0 Å². The van der Waals surface area contributed by atoms with Crippen molar-refractivity contribution in [3.05, 3.63) is 31.0 Å². The highest BCUT2D eigenvalue weighted by atomic mass is 32.2. The van der Waals surface area contributed by atoms with E-state index in [1.807, 2.05) is 29.3 Å². The Morgan fingerprint density at radius 3 is 2.64 bits per heavy atom. The molecule has 1 N–H and O–H groups in total. The van der Waals surface area contributed by atoms with E-state index in [1.165, 1.54) is 0 Å². The largest absolute Gasteiger partial charge is 0.346 e. The van der Waals surface area contributed by atoms with Crippen LogP contribution in [0.4, 0.5) is 0 Å². The van der Waals surface area contributed by atoms with E-state index in [4.69, 9.17) is 0 Å². The summed E-state index contributed by atoms with van der Waals surface area (Å²) >= 11 is 0. The Hall–Kier alpha value is -2.81. The van der Waals surface area contributed by atoms with Crippen molar-refractivity contribution in [2.24, 2.45) is 0 Å². The van der Waals surface area contributed by atoms with Gasteiger partial charge in [-0.05, 0) is 31.7 Å². The molecule has 3 aromatic rings. The van der Waals surface area contributed by atoms with Gasteiger partial charge in [-0.1, -0.05) is 19.3 Å². The third kappa shape index (κ3) is 4.01. The number of rotatable bonds is 6. The van der Waals surface area contributed by atoms with Crippen LogP contribution in [0, 0.1) is 11.3 Å². The van der Waals surface area contributed by atoms with Crippen LogP contribution in [0.2, 0.25) is 0 Å². The molecule has 2 aliphatic heterocycles. The lowest BCUT2D eigenvalue weighted by atomic mass is 9.84. The van der Waals surface area contributed by atoms with Gasteiger partial charge in [0.1, 0.15) is 17.5 Å². The fourth-order valence-corrected chi connectivity index (χ4v) is 8.37. The number of nitriles is 1. The Kier molecular flexibility index (Phi) is 6.06. The van der Waals surface area contributed by atoms with Crippen molar-refractivity contribution in [3.63, 3.8) is 0 Å². The van der Waals surface area contributed by atoms with E-state index in [-0.39, 0.29) is 10.8 Å². The fourth-order valence-electron chi connectivity index (χ4n) is 6.30. The number of hydrogen-bond donors (Lipinski definition) is 1. The number of hydrogen-bond acceptors (Lipinski definition) is 7. The molecule has 1 saturated carbocycles. The summed E-state index contributed by atoms with van der Waals surface area (Å²) in [5, 5.41) is 15.0. The second kappa shape index (κ2) is 9.25. The Morgan fingerprint density at radius 2 is 1.89 bits per heavy atom. The zero-order chi connectivity index (χ0) is 24.8. The quantitative estimate of drug-likeness (QED) is 0.543. The average molecular weight is 509 g/mol. The van der Waals surface area contributed by atoms with Gasteiger partial charge >= 0.3 is 0 Å². The monoisotopic (exact) mass is 508 g/mol. The summed E-state index contributed by atoms with van der Waals surface area (Å²) in [5.74, 6) is 0. The van der Waals surface area contributed by atoms with E-state index >= 15 is 0 Å². The maximum Gasteiger partial charge on any atom is 0.216 e. The number of nitrogens with zero attached hydrogens (tertiary/aromatic N) is 7. The Bertz CT molecular complexity index is 1370. The number of nitrogens with one attached hydrogen (secondary N) is 1. The first-order valence-corrected chi connectivity index (χ1v) is 14.4. The number of piperidine rings is 1. The topological polar surface area (TPSA) is 124 Å². The summed E-state index contributed by atoms with van der Waals surface area (Å²) in [6, 6.07) is 4.66. The minimum Gasteiger partial charge on any atom is -0.346 e. The SMILES string of the molecule is N#CCC1(n2cc(-c3ncnc4[nH]ccc34)cn2)CN(C2CCN(S(=O)(=O)C3CCCCC3)CC2)C1. The van der Waals surface area contributed by atoms with Crippen molar-refractivity contribution in [1.82, 2.24) is 33.9 Å². The van der Waals surface area contributed by atoms with E-state index in [9.17, 15) is 13.7 Å². The molecule has 0 radical (unpaired) electrons. The summed E-state index contributed by atoms with van der Waals surface area (Å²) in [6.07, 6.45) is 14.1. The van der Waals surface area contributed by atoms with E-state index in [1.54, 1.807) is 10.6 Å². The molecule has 2 saturated heterocycles. The van der Waals surface area contributed by atoms with E-state index in [0.717, 1.165) is 80.3 Å². The van der Waals surface area contributed by atoms with Gasteiger partial charge in [-0.25, -0.2) is 22.7 Å². The number of aromatic amines is 1. The molecule has 5 heterocycles. The van der Waals surface area contributed by atoms with Crippen molar-refractivity contribution < 1.29 is 8.42 Å². The minimum atomic E-state index is -3.19. The second-order valence-corrected chi connectivity index (χ2v) is 12.7. The third-order valence-corrected chi connectivity index (χ3v) is 10.8. The zero-order valence-corrected chi connectivity index (χ0v) is 21.2. The molecule has 1 aliphatic carbocycles. The van der Waals surface area contributed by atoms with Crippen LogP contribution in [0.3, 0.4) is 0 Å². The molecule has 3 fully saturated rings. The summed E-state index contributed by atoms with van der Waals surface area (Å²) in [6.45, 7) is 2.67. The molecule has 0 unspecified atom stereocenters. The first kappa shape index (κ1) is 23.6. The maximum atomic E-state index is 13.1. The molecular weight excluding hydrogens is 476 g/mol. The molecular formula is C25H32N8O2S. The zero-order valence-electron chi connectivity index (χ0n) is 20.4. The first-order valence-electron chi connectivity index (χ1n) is 12.9. The molecule has 0 aromatic carbocycles. The van der Waals surface area contributed by atoms with Crippen LogP contribution in [0.15, 0.2) is 31.0 Å². The molecule has 36 heavy (non-hydrogen) atoms. The summed E-state index contributed by atoms with van der Waals surface area (Å²) in [5.41, 5.74) is 2.13. The molecule has 3 aromatic heterocycles. The van der Waals surface area contributed by atoms with Crippen LogP contribution < -0.4 is 0 Å². The van der Waals surface area contributed by atoms with Crippen molar-refractivity contribution >= 4 is 21.1 Å². The van der Waals surface area contributed by atoms with E-state index in [0.29, 0.717) is 25.6 Å². The molecule has 3 aliphatic rings. The molecule has 0 atom stereocenters. The number of sulfonamides is 1. The van der Waals surface area contributed by atoms with E-state index in [2.05, 4.69) is 31.0 Å². The Morgan fingerprint density at radius 1 is 1.11 bits per heavy atom. The van der Waals surface area contributed by atoms with Gasteiger partial charge in [-0.3, -0.25) is 9.58 Å². The van der Waals surface area contributed by atoms with Crippen LogP contribution in [0.25, 0.3) is 22.3 Å². The van der Waals surface area contributed by atoms with Crippen molar-refractivity contribution in [3.8, 4) is 17.3 Å². The molecule has 11 heteroatoms. The van der Waals surface area contributed by atoms with Crippen molar-refractivity contribution in [2.45, 2.75) is 68.2 Å². The summed E-state index contributed by atoms with van der Waals surface area (Å²) in [7, 11) is -3.19. The predicted molar refractivity (Wildman–Crippen MR) is 135 cm³/mol. The predicted octanol–water partition coefficient (Wildman–Crippen LogP) is 2.87. The van der Waals surface area contributed by atoms with Gasteiger partial charge in [0.2, 0.25) is 10.0 Å². The lowest BCUT2D eigenvalue weighted by Crippen LogP contribution is -2.66. The van der Waals surface area contributed by atoms with Crippen LogP contribution in [-0.2, 0) is 15.6 Å². The van der Waals surface area contributed by atoms with Crippen LogP contribution in [0.1, 0.15) is 51.4 Å². The fraction of sp³-hybridized carbons (Fsp3) is 0.600. The lowest BCUT2D eigenvalue weighted by Gasteiger charge is -2.53. The number of fused-ring (bicyclic) bond motifs is 1. The average Bonchev–Trinajstić information content (AvgIpc) is 3.57. The molecule has 0 bridgehead atoms. The van der Waals surface area contributed by atoms with Gasteiger partial charge in [0.25, 0.3) is 0 Å². The normalized spacial score (nSPS) is 22.4. The highest BCUT2D eigenvalue weighted by molar-refractivity contribution is 7.89. The molecule has 10 nitrogen and oxygen atoms in total. The smallest absolute Gasteiger partial charge is 0.216 e. The third-order valence-electron chi connectivity index (χ3n) is 8.37. The number of likely N-dealkylation sites (tertiary alicyclic amines) is 1. The van der Waals surface area contributed by atoms with Crippen LogP contribution in [0.5, 0.6) is 0 Å². The van der Waals surface area contributed by atoms with Gasteiger partial charge in [-0.2, -0.15) is 10.4 Å².